The number of fused-ring (bicyclic) bond motifs is 1. The fourth-order valence-electron chi connectivity index (χ4n) is 2.22. The van der Waals surface area contributed by atoms with E-state index in [1.165, 1.54) is 10.6 Å². The van der Waals surface area contributed by atoms with Crippen LogP contribution in [0.1, 0.15) is 17.8 Å². The highest BCUT2D eigenvalue weighted by Crippen LogP contribution is 2.36. The number of hydrogen-bond acceptors (Lipinski definition) is 2. The van der Waals surface area contributed by atoms with Crippen molar-refractivity contribution in [3.05, 3.63) is 46.8 Å². The van der Waals surface area contributed by atoms with Gasteiger partial charge in [0.1, 0.15) is 5.52 Å². The van der Waals surface area contributed by atoms with Gasteiger partial charge >= 0.3 is 0 Å². The average molecular weight is 291 g/mol. The number of nitrogens with zero attached hydrogens (tertiary/aromatic N) is 1. The number of aromatic amines is 1. The highest BCUT2D eigenvalue weighted by Gasteiger charge is 2.16. The first-order chi connectivity index (χ1) is 9.13. The second-order valence-corrected chi connectivity index (χ2v) is 6.45. The third-order valence-corrected chi connectivity index (χ3v) is 4.86. The van der Waals surface area contributed by atoms with Crippen molar-refractivity contribution < 1.29 is 0 Å². The van der Waals surface area contributed by atoms with E-state index in [2.05, 4.69) is 35.1 Å². The van der Waals surface area contributed by atoms with Crippen LogP contribution in [0.4, 0.5) is 0 Å². The molecule has 2 nitrogen and oxygen atoms in total. The second-order valence-electron chi connectivity index (χ2n) is 4.77. The fourth-order valence-corrected chi connectivity index (χ4v) is 3.53. The highest BCUT2D eigenvalue weighted by atomic mass is 35.5. The van der Waals surface area contributed by atoms with Crippen molar-refractivity contribution in [2.45, 2.75) is 30.4 Å². The van der Waals surface area contributed by atoms with Crippen molar-refractivity contribution in [3.63, 3.8) is 0 Å². The minimum absolute atomic E-state index is 0.433. The maximum atomic E-state index is 5.96. The summed E-state index contributed by atoms with van der Waals surface area (Å²) in [5.41, 5.74) is 4.43. The third kappa shape index (κ3) is 2.58. The molecule has 98 valence electrons. The van der Waals surface area contributed by atoms with Gasteiger partial charge in [-0.1, -0.05) is 23.8 Å². The molecular formula is C15H15ClN2S. The molecule has 0 saturated carbocycles. The zero-order valence-corrected chi connectivity index (χ0v) is 12.5. The van der Waals surface area contributed by atoms with Crippen LogP contribution < -0.4 is 0 Å². The summed E-state index contributed by atoms with van der Waals surface area (Å²) >= 11 is 7.81. The number of rotatable bonds is 2. The van der Waals surface area contributed by atoms with Gasteiger partial charge in [0.2, 0.25) is 0 Å². The Morgan fingerprint density at radius 3 is 2.95 bits per heavy atom. The van der Waals surface area contributed by atoms with Gasteiger partial charge in [0.05, 0.1) is 10.4 Å². The van der Waals surface area contributed by atoms with E-state index in [1.807, 2.05) is 30.8 Å². The van der Waals surface area contributed by atoms with Gasteiger partial charge in [0, 0.05) is 21.7 Å². The molecule has 0 saturated heterocycles. The first kappa shape index (κ1) is 12.8. The quantitative estimate of drug-likeness (QED) is 0.867. The molecule has 2 aromatic rings. The summed E-state index contributed by atoms with van der Waals surface area (Å²) in [7, 11) is 0. The lowest BCUT2D eigenvalue weighted by molar-refractivity contribution is 1.05. The number of nitrogens with one attached hydrogen (secondary N) is 1. The summed E-state index contributed by atoms with van der Waals surface area (Å²) in [6.45, 7) is 4.13. The number of allylic oxidation sites excluding steroid dienone is 3. The first-order valence-corrected chi connectivity index (χ1v) is 7.55. The standard InChI is InChI=1S/C15H15ClN2S/c1-9-3-8-13-14(17-9)15(10(2)18-13)19-12-6-4-11(16)5-7-12/h3-6,8,12,18H,7H2,1-2H3. The number of H-pyrrole nitrogens is 1. The molecular weight excluding hydrogens is 276 g/mol. The summed E-state index contributed by atoms with van der Waals surface area (Å²) in [4.78, 5) is 9.31. The van der Waals surface area contributed by atoms with E-state index in [9.17, 15) is 0 Å². The van der Waals surface area contributed by atoms with Crippen molar-refractivity contribution in [2.75, 3.05) is 0 Å². The smallest absolute Gasteiger partial charge is 0.102 e. The summed E-state index contributed by atoms with van der Waals surface area (Å²) < 4.78 is 0. The number of thioether (sulfide) groups is 1. The Kier molecular flexibility index (Phi) is 3.42. The zero-order chi connectivity index (χ0) is 13.4. The normalized spacial score (nSPS) is 18.9. The van der Waals surface area contributed by atoms with Crippen molar-refractivity contribution in [2.24, 2.45) is 0 Å². The molecule has 1 N–H and O–H groups in total. The van der Waals surface area contributed by atoms with Crippen LogP contribution in [0.3, 0.4) is 0 Å². The number of pyridine rings is 1. The lowest BCUT2D eigenvalue weighted by Crippen LogP contribution is -2.00. The van der Waals surface area contributed by atoms with Crippen LogP contribution in [0.2, 0.25) is 0 Å². The molecule has 0 bridgehead atoms. The first-order valence-electron chi connectivity index (χ1n) is 6.30. The highest BCUT2D eigenvalue weighted by molar-refractivity contribution is 8.00. The molecule has 2 aromatic heterocycles. The van der Waals surface area contributed by atoms with E-state index in [-0.39, 0.29) is 0 Å². The maximum Gasteiger partial charge on any atom is 0.102 e. The van der Waals surface area contributed by atoms with Crippen LogP contribution in [0.25, 0.3) is 11.0 Å². The summed E-state index contributed by atoms with van der Waals surface area (Å²) in [6.07, 6.45) is 7.19. The van der Waals surface area contributed by atoms with E-state index in [1.54, 1.807) is 0 Å². The minimum Gasteiger partial charge on any atom is -0.356 e. The van der Waals surface area contributed by atoms with Crippen LogP contribution in [0, 0.1) is 13.8 Å². The van der Waals surface area contributed by atoms with Crippen molar-refractivity contribution in [3.8, 4) is 0 Å². The van der Waals surface area contributed by atoms with Crippen LogP contribution >= 0.6 is 23.4 Å². The Morgan fingerprint density at radius 2 is 2.21 bits per heavy atom. The molecule has 4 heteroatoms. The molecule has 0 fully saturated rings. The predicted molar refractivity (Wildman–Crippen MR) is 82.9 cm³/mol. The molecule has 0 aliphatic heterocycles. The van der Waals surface area contributed by atoms with Gasteiger partial charge in [0.15, 0.2) is 0 Å². The molecule has 0 aromatic carbocycles. The van der Waals surface area contributed by atoms with E-state index >= 15 is 0 Å². The van der Waals surface area contributed by atoms with Crippen molar-refractivity contribution in [1.29, 1.82) is 0 Å². The van der Waals surface area contributed by atoms with Gasteiger partial charge < -0.3 is 4.98 Å². The number of aryl methyl sites for hydroxylation is 2. The monoisotopic (exact) mass is 290 g/mol. The third-order valence-electron chi connectivity index (χ3n) is 3.20. The van der Waals surface area contributed by atoms with Gasteiger partial charge in [-0.15, -0.1) is 11.8 Å². The van der Waals surface area contributed by atoms with Gasteiger partial charge in [-0.25, -0.2) is 0 Å². The Morgan fingerprint density at radius 1 is 1.37 bits per heavy atom. The fraction of sp³-hybridized carbons (Fsp3) is 0.267. The van der Waals surface area contributed by atoms with Gasteiger partial charge in [-0.3, -0.25) is 4.98 Å². The molecule has 1 atom stereocenters. The van der Waals surface area contributed by atoms with Crippen LogP contribution in [-0.2, 0) is 0 Å². The lowest BCUT2D eigenvalue weighted by atomic mass is 10.2. The Bertz CT molecular complexity index is 685. The van der Waals surface area contributed by atoms with Crippen molar-refractivity contribution in [1.82, 2.24) is 9.97 Å². The van der Waals surface area contributed by atoms with Gasteiger partial charge in [-0.05, 0) is 38.5 Å². The number of aromatic nitrogens is 2. The van der Waals surface area contributed by atoms with E-state index in [0.717, 1.165) is 28.2 Å². The SMILES string of the molecule is Cc1ccc2[nH]c(C)c(SC3C=CC(Cl)=CC3)c2n1. The molecule has 3 rings (SSSR count). The molecule has 2 heterocycles. The van der Waals surface area contributed by atoms with Crippen LogP contribution in [0.5, 0.6) is 0 Å². The number of hydrogen-bond donors (Lipinski definition) is 1. The molecule has 19 heavy (non-hydrogen) atoms. The minimum atomic E-state index is 0.433. The lowest BCUT2D eigenvalue weighted by Gasteiger charge is -2.13. The largest absolute Gasteiger partial charge is 0.356 e. The van der Waals surface area contributed by atoms with E-state index in [4.69, 9.17) is 11.6 Å². The molecule has 0 radical (unpaired) electrons. The Labute approximate surface area is 122 Å². The zero-order valence-electron chi connectivity index (χ0n) is 10.9. The second kappa shape index (κ2) is 5.06. The average Bonchev–Trinajstić information content (AvgIpc) is 2.69. The summed E-state index contributed by atoms with van der Waals surface area (Å²) in [5.74, 6) is 0. The molecule has 0 amide bonds. The molecule has 1 unspecified atom stereocenters. The molecule has 0 spiro atoms. The van der Waals surface area contributed by atoms with Crippen LogP contribution in [0.15, 0.2) is 40.3 Å². The molecule has 1 aliphatic rings. The van der Waals surface area contributed by atoms with E-state index < -0.39 is 0 Å². The van der Waals surface area contributed by atoms with Crippen LogP contribution in [-0.4, -0.2) is 15.2 Å². The van der Waals surface area contributed by atoms with E-state index in [0.29, 0.717) is 5.25 Å². The Balaban J connectivity index is 1.94. The Hall–Kier alpha value is -1.19. The predicted octanol–water partition coefficient (Wildman–Crippen LogP) is 4.72. The van der Waals surface area contributed by atoms with Gasteiger partial charge in [-0.2, -0.15) is 0 Å². The van der Waals surface area contributed by atoms with Crippen molar-refractivity contribution >= 4 is 34.4 Å². The molecule has 1 aliphatic carbocycles. The number of halogens is 1. The summed E-state index contributed by atoms with van der Waals surface area (Å²) in [6, 6.07) is 4.14. The topological polar surface area (TPSA) is 28.7 Å². The van der Waals surface area contributed by atoms with Gasteiger partial charge in [0.25, 0.3) is 0 Å². The maximum absolute atomic E-state index is 5.96. The summed E-state index contributed by atoms with van der Waals surface area (Å²) in [5, 5.41) is 1.27.